The van der Waals surface area contributed by atoms with Crippen LogP contribution in [0.15, 0.2) is 85.2 Å². The quantitative estimate of drug-likeness (QED) is 0.111. The average Bonchev–Trinajstić information content (AvgIpc) is 2.99. The number of benzene rings is 3. The largest absolute Gasteiger partial charge is 0.504 e. The minimum absolute atomic E-state index is 0.0444. The first kappa shape index (κ1) is 29.9. The molecular weight excluding hydrogens is 588 g/mol. The highest BCUT2D eigenvalue weighted by molar-refractivity contribution is 5.70. The van der Waals surface area contributed by atoms with E-state index < -0.39 is 34.2 Å². The third-order valence-electron chi connectivity index (χ3n) is 6.22. The van der Waals surface area contributed by atoms with Crippen LogP contribution in [-0.2, 0) is 0 Å². The summed E-state index contributed by atoms with van der Waals surface area (Å²) >= 11 is 0. The monoisotopic (exact) mass is 612 g/mol. The van der Waals surface area contributed by atoms with Crippen molar-refractivity contribution in [1.29, 1.82) is 0 Å². The fourth-order valence-electron chi connectivity index (χ4n) is 3.97. The molecule has 0 aliphatic rings. The second-order valence-electron chi connectivity index (χ2n) is 9.62. The molecule has 0 atom stereocenters. The van der Waals surface area contributed by atoms with Crippen molar-refractivity contribution in [3.05, 3.63) is 116 Å². The normalized spacial score (nSPS) is 11.3. The Morgan fingerprint density at radius 2 is 0.978 bits per heavy atom. The second-order valence-corrected chi connectivity index (χ2v) is 9.62. The van der Waals surface area contributed by atoms with Gasteiger partial charge in [0.2, 0.25) is 0 Å². The predicted molar refractivity (Wildman–Crippen MR) is 162 cm³/mol. The van der Waals surface area contributed by atoms with Gasteiger partial charge in [0.25, 0.3) is 11.5 Å². The lowest BCUT2D eigenvalue weighted by molar-refractivity contribution is 0.341. The van der Waals surface area contributed by atoms with Crippen LogP contribution in [-0.4, -0.2) is 30.6 Å². The Morgan fingerprint density at radius 3 is 1.42 bits per heavy atom. The Labute approximate surface area is 253 Å². The molecule has 2 heterocycles. The minimum Gasteiger partial charge on any atom is -0.504 e. The summed E-state index contributed by atoms with van der Waals surface area (Å²) in [5.74, 6) is -3.90. The van der Waals surface area contributed by atoms with E-state index in [0.717, 1.165) is 12.1 Å². The lowest BCUT2D eigenvalue weighted by Gasteiger charge is -2.13. The Kier molecular flexibility index (Phi) is 8.21. The highest BCUT2D eigenvalue weighted by Gasteiger charge is 2.19. The van der Waals surface area contributed by atoms with Crippen LogP contribution in [0.1, 0.15) is 28.2 Å². The van der Waals surface area contributed by atoms with E-state index in [2.05, 4.69) is 0 Å². The van der Waals surface area contributed by atoms with Crippen LogP contribution >= 0.6 is 0 Å². The number of aryl methyl sites for hydroxylation is 1. The smallest absolute Gasteiger partial charge is 0.383 e. The Balaban J connectivity index is 1.38. The van der Waals surface area contributed by atoms with Crippen molar-refractivity contribution in [3.63, 3.8) is 0 Å². The molecule has 45 heavy (non-hydrogen) atoms. The first-order chi connectivity index (χ1) is 21.5. The molecule has 3 aromatic carbocycles. The van der Waals surface area contributed by atoms with E-state index in [1.165, 1.54) is 72.8 Å². The Hall–Kier alpha value is -6.56. The molecule has 0 aliphatic carbocycles. The molecule has 5 aromatic rings. The molecule has 6 N–H and O–H groups in total. The summed E-state index contributed by atoms with van der Waals surface area (Å²) < 4.78 is 21.7. The maximum Gasteiger partial charge on any atom is 0.383 e. The zero-order valence-electron chi connectivity index (χ0n) is 23.3. The first-order valence-corrected chi connectivity index (χ1v) is 13.1. The van der Waals surface area contributed by atoms with Gasteiger partial charge in [-0.25, -0.2) is 9.59 Å². The van der Waals surface area contributed by atoms with Gasteiger partial charge in [-0.2, -0.15) is 0 Å². The molecule has 0 amide bonds. The highest BCUT2D eigenvalue weighted by atomic mass is 16.5. The van der Waals surface area contributed by atoms with E-state index in [4.69, 9.17) is 18.3 Å². The van der Waals surface area contributed by atoms with Gasteiger partial charge < -0.3 is 48.9 Å². The van der Waals surface area contributed by atoms with Gasteiger partial charge in [0.1, 0.15) is 11.5 Å². The molecular formula is C33H24O12. The predicted octanol–water partition coefficient (Wildman–Crippen LogP) is 6.06. The molecule has 5 rings (SSSR count). The summed E-state index contributed by atoms with van der Waals surface area (Å²) in [6, 6.07) is 14.9. The number of ether oxygens (including phenoxy) is 2. The summed E-state index contributed by atoms with van der Waals surface area (Å²) in [6.45, 7) is 1.72. The van der Waals surface area contributed by atoms with E-state index in [-0.39, 0.29) is 46.0 Å². The standard InChI is InChI=1S/C33H24O12/c1-17-2-11-28(44-30-26(38)15-20(42-32(30)40)7-3-18-5-9-22(34)24(36)13-18)29(12-17)45-31-27(39)16-21(43-33(31)41)8-4-19-6-10-23(35)25(37)14-19/h2-16,34-39H,1H3. The van der Waals surface area contributed by atoms with Crippen molar-refractivity contribution in [2.45, 2.75) is 6.92 Å². The van der Waals surface area contributed by atoms with Crippen molar-refractivity contribution in [1.82, 2.24) is 0 Å². The molecule has 0 aliphatic heterocycles. The van der Waals surface area contributed by atoms with Crippen LogP contribution in [0.2, 0.25) is 0 Å². The number of hydrogen-bond acceptors (Lipinski definition) is 12. The fourth-order valence-corrected chi connectivity index (χ4v) is 3.97. The third-order valence-corrected chi connectivity index (χ3v) is 6.22. The molecule has 0 bridgehead atoms. The average molecular weight is 613 g/mol. The van der Waals surface area contributed by atoms with Gasteiger partial charge in [-0.1, -0.05) is 30.4 Å². The summed E-state index contributed by atoms with van der Waals surface area (Å²) in [6.07, 6.45) is 5.65. The van der Waals surface area contributed by atoms with Gasteiger partial charge in [0, 0.05) is 12.1 Å². The van der Waals surface area contributed by atoms with E-state index in [1.54, 1.807) is 13.0 Å². The molecule has 12 nitrogen and oxygen atoms in total. The number of phenols is 4. The second kappa shape index (κ2) is 12.4. The zero-order chi connectivity index (χ0) is 32.2. The topological polar surface area (TPSA) is 200 Å². The molecule has 0 fully saturated rings. The zero-order valence-corrected chi connectivity index (χ0v) is 23.3. The Morgan fingerprint density at radius 1 is 0.511 bits per heavy atom. The van der Waals surface area contributed by atoms with Crippen LogP contribution in [0.3, 0.4) is 0 Å². The number of rotatable bonds is 8. The molecule has 2 aromatic heterocycles. The van der Waals surface area contributed by atoms with E-state index in [1.807, 2.05) is 0 Å². The van der Waals surface area contributed by atoms with Gasteiger partial charge in [-0.05, 0) is 72.2 Å². The third kappa shape index (κ3) is 6.92. The van der Waals surface area contributed by atoms with Crippen LogP contribution in [0.4, 0.5) is 0 Å². The van der Waals surface area contributed by atoms with Crippen molar-refractivity contribution >= 4 is 24.3 Å². The van der Waals surface area contributed by atoms with E-state index in [9.17, 15) is 40.2 Å². The van der Waals surface area contributed by atoms with Crippen molar-refractivity contribution in [3.8, 4) is 57.5 Å². The summed E-state index contributed by atoms with van der Waals surface area (Å²) in [5, 5.41) is 59.3. The highest BCUT2D eigenvalue weighted by Crippen LogP contribution is 2.39. The van der Waals surface area contributed by atoms with Gasteiger partial charge in [0.05, 0.1) is 0 Å². The first-order valence-electron chi connectivity index (χ1n) is 13.1. The lowest BCUT2D eigenvalue weighted by Crippen LogP contribution is -2.07. The molecule has 0 radical (unpaired) electrons. The number of phenolic OH excluding ortho intramolecular Hbond substituents is 4. The van der Waals surface area contributed by atoms with Crippen molar-refractivity contribution < 1.29 is 48.9 Å². The van der Waals surface area contributed by atoms with Crippen LogP contribution in [0.5, 0.6) is 57.5 Å². The minimum atomic E-state index is -1.05. The molecule has 0 saturated heterocycles. The lowest BCUT2D eigenvalue weighted by atomic mass is 10.2. The maximum absolute atomic E-state index is 12.7. The van der Waals surface area contributed by atoms with Crippen LogP contribution < -0.4 is 20.7 Å². The molecule has 12 heteroatoms. The molecule has 228 valence electrons. The van der Waals surface area contributed by atoms with Crippen molar-refractivity contribution in [2.24, 2.45) is 0 Å². The van der Waals surface area contributed by atoms with Crippen molar-refractivity contribution in [2.75, 3.05) is 0 Å². The molecule has 0 unspecified atom stereocenters. The van der Waals surface area contributed by atoms with E-state index >= 15 is 0 Å². The van der Waals surface area contributed by atoms with Crippen LogP contribution in [0.25, 0.3) is 24.3 Å². The van der Waals surface area contributed by atoms with Gasteiger partial charge in [0.15, 0.2) is 46.0 Å². The Bertz CT molecular complexity index is 2090. The summed E-state index contributed by atoms with van der Waals surface area (Å²) in [5.41, 5.74) is -0.478. The van der Waals surface area contributed by atoms with Gasteiger partial charge >= 0.3 is 11.3 Å². The SMILES string of the molecule is Cc1ccc(Oc2c(O)cc(C=Cc3ccc(O)c(O)c3)oc2=O)c(Oc2c(O)cc(C=Cc3ccc(O)c(O)c3)oc2=O)c1. The van der Waals surface area contributed by atoms with Gasteiger partial charge in [-0.15, -0.1) is 0 Å². The summed E-state index contributed by atoms with van der Waals surface area (Å²) in [7, 11) is 0. The molecule has 0 saturated carbocycles. The maximum atomic E-state index is 12.7. The van der Waals surface area contributed by atoms with Crippen LogP contribution in [0, 0.1) is 6.92 Å². The molecule has 0 spiro atoms. The summed E-state index contributed by atoms with van der Waals surface area (Å²) in [4.78, 5) is 25.5. The number of hydrogen-bond donors (Lipinski definition) is 6. The van der Waals surface area contributed by atoms with E-state index in [0.29, 0.717) is 16.7 Å². The van der Waals surface area contributed by atoms with Gasteiger partial charge in [-0.3, -0.25) is 0 Å². The number of aromatic hydroxyl groups is 6. The fraction of sp³-hybridized carbons (Fsp3) is 0.0303.